The fourth-order valence-corrected chi connectivity index (χ4v) is 2.09. The minimum absolute atomic E-state index is 0.252. The fraction of sp³-hybridized carbons (Fsp3) is 0.875. The van der Waals surface area contributed by atoms with Crippen LogP contribution in [0.25, 0.3) is 0 Å². The lowest BCUT2D eigenvalue weighted by Crippen LogP contribution is -2.42. The van der Waals surface area contributed by atoms with E-state index in [2.05, 4.69) is 5.32 Å². The minimum Gasteiger partial charge on any atom is -0.368 e. The van der Waals surface area contributed by atoms with Crippen LogP contribution in [-0.4, -0.2) is 49.2 Å². The maximum atomic E-state index is 11.0. The van der Waals surface area contributed by atoms with Gasteiger partial charge in [-0.2, -0.15) is 20.2 Å². The summed E-state index contributed by atoms with van der Waals surface area (Å²) in [6, 6.07) is -0.436. The van der Waals surface area contributed by atoms with E-state index < -0.39 is 22.1 Å². The molecule has 0 aromatic heterocycles. The average Bonchev–Trinajstić information content (AvgIpc) is 2.14. The van der Waals surface area contributed by atoms with Gasteiger partial charge in [-0.15, -0.1) is 0 Å². The summed E-state index contributed by atoms with van der Waals surface area (Å²) in [6.07, 6.45) is 2.79. The molecule has 0 rings (SSSR count). The number of primary amides is 1. The maximum absolute atomic E-state index is 11.0. The summed E-state index contributed by atoms with van der Waals surface area (Å²) in [5.41, 5.74) is 5.17. The van der Waals surface area contributed by atoms with E-state index in [9.17, 15) is 13.2 Å². The van der Waals surface area contributed by atoms with Crippen LogP contribution >= 0.6 is 11.8 Å². The zero-order valence-electron chi connectivity index (χ0n) is 9.18. The van der Waals surface area contributed by atoms with Gasteiger partial charge in [0.2, 0.25) is 5.91 Å². The fourth-order valence-electron chi connectivity index (χ4n) is 1.11. The second kappa shape index (κ2) is 7.88. The van der Waals surface area contributed by atoms with Crippen LogP contribution in [0.15, 0.2) is 0 Å². The van der Waals surface area contributed by atoms with E-state index in [1.807, 2.05) is 6.26 Å². The molecule has 0 aliphatic carbocycles. The number of hydrogen-bond donors (Lipinski definition) is 3. The van der Waals surface area contributed by atoms with Crippen LogP contribution in [0.5, 0.6) is 0 Å². The molecular weight excluding hydrogens is 252 g/mol. The highest BCUT2D eigenvalue weighted by atomic mass is 32.2. The summed E-state index contributed by atoms with van der Waals surface area (Å²) in [5, 5.41) is 2.86. The lowest BCUT2D eigenvalue weighted by Gasteiger charge is -2.14. The molecule has 0 aromatic carbocycles. The third-order valence-corrected chi connectivity index (χ3v) is 3.37. The molecule has 0 saturated heterocycles. The van der Waals surface area contributed by atoms with Crippen molar-refractivity contribution in [1.82, 2.24) is 5.32 Å². The summed E-state index contributed by atoms with van der Waals surface area (Å²) < 4.78 is 29.3. The lowest BCUT2D eigenvalue weighted by atomic mass is 10.2. The quantitative estimate of drug-likeness (QED) is 0.383. The molecule has 16 heavy (non-hydrogen) atoms. The minimum atomic E-state index is -3.92. The Labute approximate surface area is 100 Å². The summed E-state index contributed by atoms with van der Waals surface area (Å²) in [5.74, 6) is 0.0494. The Bertz CT molecular complexity index is 305. The molecule has 8 heteroatoms. The normalized spacial score (nSPS) is 13.6. The van der Waals surface area contributed by atoms with Gasteiger partial charge in [-0.05, 0) is 31.4 Å². The van der Waals surface area contributed by atoms with Crippen molar-refractivity contribution in [3.63, 3.8) is 0 Å². The van der Waals surface area contributed by atoms with Crippen LogP contribution < -0.4 is 11.1 Å². The van der Waals surface area contributed by atoms with Crippen molar-refractivity contribution in [3.8, 4) is 0 Å². The topological polar surface area (TPSA) is 109 Å². The van der Waals surface area contributed by atoms with Gasteiger partial charge in [0.25, 0.3) is 10.1 Å². The lowest BCUT2D eigenvalue weighted by molar-refractivity contribution is -0.120. The molecule has 0 spiro atoms. The molecule has 0 aromatic rings. The van der Waals surface area contributed by atoms with Gasteiger partial charge in [0.05, 0.1) is 11.8 Å². The largest absolute Gasteiger partial charge is 0.368 e. The number of thioether (sulfide) groups is 1. The van der Waals surface area contributed by atoms with Crippen LogP contribution in [-0.2, 0) is 14.9 Å². The first-order valence-electron chi connectivity index (χ1n) is 4.83. The Balaban J connectivity index is 3.81. The molecule has 0 fully saturated rings. The zero-order chi connectivity index (χ0) is 12.6. The van der Waals surface area contributed by atoms with Crippen molar-refractivity contribution >= 4 is 27.8 Å². The predicted molar refractivity (Wildman–Crippen MR) is 65.0 cm³/mol. The van der Waals surface area contributed by atoms with Gasteiger partial charge in [-0.25, -0.2) is 0 Å². The predicted octanol–water partition coefficient (Wildman–Crippen LogP) is -0.539. The second-order valence-electron chi connectivity index (χ2n) is 3.33. The number of carbonyl (C=O) groups is 1. The van der Waals surface area contributed by atoms with Crippen LogP contribution in [0, 0.1) is 0 Å². The van der Waals surface area contributed by atoms with Crippen LogP contribution in [0.1, 0.15) is 12.8 Å². The van der Waals surface area contributed by atoms with Gasteiger partial charge in [0, 0.05) is 0 Å². The van der Waals surface area contributed by atoms with E-state index in [1.54, 1.807) is 11.8 Å². The SMILES string of the molecule is CSCC[C@@H](NCCCS(=O)(=O)O)C(N)=O. The molecule has 96 valence electrons. The van der Waals surface area contributed by atoms with Crippen molar-refractivity contribution in [3.05, 3.63) is 0 Å². The Morgan fingerprint density at radius 1 is 1.56 bits per heavy atom. The molecule has 1 amide bonds. The van der Waals surface area contributed by atoms with E-state index in [1.165, 1.54) is 0 Å². The Kier molecular flexibility index (Phi) is 7.73. The van der Waals surface area contributed by atoms with Crippen LogP contribution in [0.3, 0.4) is 0 Å². The zero-order valence-corrected chi connectivity index (χ0v) is 10.8. The smallest absolute Gasteiger partial charge is 0.264 e. The Hall–Kier alpha value is -0.310. The van der Waals surface area contributed by atoms with Crippen molar-refractivity contribution in [2.24, 2.45) is 5.73 Å². The highest BCUT2D eigenvalue weighted by Crippen LogP contribution is 2.00. The molecule has 1 atom stereocenters. The molecule has 4 N–H and O–H groups in total. The van der Waals surface area contributed by atoms with Gasteiger partial charge in [0.15, 0.2) is 0 Å². The molecule has 0 heterocycles. The van der Waals surface area contributed by atoms with Gasteiger partial charge in [-0.1, -0.05) is 0 Å². The number of amides is 1. The molecule has 0 bridgehead atoms. The van der Waals surface area contributed by atoms with Gasteiger partial charge >= 0.3 is 0 Å². The molecule has 0 radical (unpaired) electrons. The number of carbonyl (C=O) groups excluding carboxylic acids is 1. The van der Waals surface area contributed by atoms with Crippen molar-refractivity contribution < 1.29 is 17.8 Å². The monoisotopic (exact) mass is 270 g/mol. The first-order chi connectivity index (χ1) is 7.37. The summed E-state index contributed by atoms with van der Waals surface area (Å²) >= 11 is 1.61. The Morgan fingerprint density at radius 2 is 2.19 bits per heavy atom. The van der Waals surface area contributed by atoms with Gasteiger partial charge in [-0.3, -0.25) is 9.35 Å². The summed E-state index contributed by atoms with van der Waals surface area (Å²) in [7, 11) is -3.92. The highest BCUT2D eigenvalue weighted by molar-refractivity contribution is 7.98. The highest BCUT2D eigenvalue weighted by Gasteiger charge is 2.13. The molecule has 0 aliphatic heterocycles. The van der Waals surface area contributed by atoms with E-state index in [-0.39, 0.29) is 12.2 Å². The first-order valence-corrected chi connectivity index (χ1v) is 7.84. The maximum Gasteiger partial charge on any atom is 0.264 e. The number of hydrogen-bond acceptors (Lipinski definition) is 5. The van der Waals surface area contributed by atoms with Crippen molar-refractivity contribution in [2.45, 2.75) is 18.9 Å². The molecular formula is C8H18N2O4S2. The van der Waals surface area contributed by atoms with Crippen molar-refractivity contribution in [1.29, 1.82) is 0 Å². The third-order valence-electron chi connectivity index (χ3n) is 1.92. The number of nitrogens with two attached hydrogens (primary N) is 1. The average molecular weight is 270 g/mol. The summed E-state index contributed by atoms with van der Waals surface area (Å²) in [6.45, 7) is 0.335. The molecule has 6 nitrogen and oxygen atoms in total. The number of nitrogens with one attached hydrogen (secondary N) is 1. The first kappa shape index (κ1) is 15.7. The Morgan fingerprint density at radius 3 is 2.62 bits per heavy atom. The van der Waals surface area contributed by atoms with Crippen LogP contribution in [0.2, 0.25) is 0 Å². The van der Waals surface area contributed by atoms with Gasteiger partial charge < -0.3 is 11.1 Å². The standard InChI is InChI=1S/C8H18N2O4S2/c1-15-5-3-7(8(9)11)10-4-2-6-16(12,13)14/h7,10H,2-6H2,1H3,(H2,9,11)(H,12,13,14)/t7-/m1/s1. The second-order valence-corrected chi connectivity index (χ2v) is 5.89. The van der Waals surface area contributed by atoms with E-state index in [0.717, 1.165) is 5.75 Å². The molecule has 0 saturated carbocycles. The summed E-state index contributed by atoms with van der Waals surface area (Å²) in [4.78, 5) is 11.0. The van der Waals surface area contributed by atoms with E-state index in [4.69, 9.17) is 10.3 Å². The van der Waals surface area contributed by atoms with E-state index >= 15 is 0 Å². The van der Waals surface area contributed by atoms with E-state index in [0.29, 0.717) is 13.0 Å². The van der Waals surface area contributed by atoms with Crippen molar-refractivity contribution in [2.75, 3.05) is 24.3 Å². The van der Waals surface area contributed by atoms with Gasteiger partial charge in [0.1, 0.15) is 0 Å². The van der Waals surface area contributed by atoms with Crippen LogP contribution in [0.4, 0.5) is 0 Å². The molecule has 0 unspecified atom stereocenters. The number of rotatable bonds is 9. The third kappa shape index (κ3) is 8.96. The molecule has 0 aliphatic rings.